The van der Waals surface area contributed by atoms with Gasteiger partial charge in [-0.2, -0.15) is 5.10 Å². The summed E-state index contributed by atoms with van der Waals surface area (Å²) in [5.41, 5.74) is 6.11. The average Bonchev–Trinajstić information content (AvgIpc) is 3.36. The van der Waals surface area contributed by atoms with Crippen LogP contribution in [0, 0.1) is 5.92 Å². The Hall–Kier alpha value is -2.90. The molecule has 0 radical (unpaired) electrons. The molecule has 37 heavy (non-hydrogen) atoms. The quantitative estimate of drug-likeness (QED) is 0.572. The van der Waals surface area contributed by atoms with Crippen molar-refractivity contribution in [2.45, 2.75) is 57.6 Å². The molecule has 4 heterocycles. The Balaban J connectivity index is 1.15. The first-order chi connectivity index (χ1) is 18.0. The van der Waals surface area contributed by atoms with Gasteiger partial charge in [0.05, 0.1) is 17.3 Å². The van der Waals surface area contributed by atoms with Crippen LogP contribution < -0.4 is 4.90 Å². The largest absolute Gasteiger partial charge is 0.393 e. The molecule has 1 aliphatic carbocycles. The maximum Gasteiger partial charge on any atom is 0.226 e. The van der Waals surface area contributed by atoms with Crippen molar-refractivity contribution in [3.8, 4) is 11.1 Å². The normalized spacial score (nSPS) is 25.0. The standard InChI is InChI=1S/C30H39N5O2/c1-21(2)34-11-3-4-24(19-34)22-5-7-23(8-6-22)26-18-29-28(9-10-31-35(29)20-26)32-12-14-33(15-13-32)30(37)25-16-27(36)17-25/h5-10,18,20-21,24-25,27,36H,3-4,11-17,19H2,1-2H3/t24-,25?,27?/m1/s1. The van der Waals surface area contributed by atoms with E-state index < -0.39 is 0 Å². The molecule has 0 bridgehead atoms. The number of anilines is 1. The van der Waals surface area contributed by atoms with Crippen LogP contribution in [0.25, 0.3) is 16.6 Å². The second kappa shape index (κ2) is 10.1. The molecule has 0 spiro atoms. The number of nitrogens with zero attached hydrogens (tertiary/aromatic N) is 5. The fourth-order valence-electron chi connectivity index (χ4n) is 6.34. The molecule has 3 aliphatic rings. The van der Waals surface area contributed by atoms with Crippen molar-refractivity contribution in [2.24, 2.45) is 5.92 Å². The minimum Gasteiger partial charge on any atom is -0.393 e. The van der Waals surface area contributed by atoms with Crippen LogP contribution in [0.1, 0.15) is 51.0 Å². The van der Waals surface area contributed by atoms with E-state index in [1.807, 2.05) is 15.6 Å². The lowest BCUT2D eigenvalue weighted by molar-refractivity contribution is -0.142. The molecule has 7 heteroatoms. The third-order valence-electron chi connectivity index (χ3n) is 8.78. The summed E-state index contributed by atoms with van der Waals surface area (Å²) in [6, 6.07) is 14.1. The van der Waals surface area contributed by atoms with Gasteiger partial charge in [0.2, 0.25) is 5.91 Å². The zero-order chi connectivity index (χ0) is 25.5. The number of aliphatic hydroxyl groups excluding tert-OH is 1. The van der Waals surface area contributed by atoms with E-state index in [1.54, 1.807) is 0 Å². The average molecular weight is 502 g/mol. The molecule has 3 fully saturated rings. The Kier molecular flexibility index (Phi) is 6.67. The van der Waals surface area contributed by atoms with E-state index in [0.29, 0.717) is 24.8 Å². The zero-order valence-corrected chi connectivity index (χ0v) is 22.1. The Labute approximate surface area is 219 Å². The molecule has 6 rings (SSSR count). The third-order valence-corrected chi connectivity index (χ3v) is 8.78. The summed E-state index contributed by atoms with van der Waals surface area (Å²) < 4.78 is 1.98. The van der Waals surface area contributed by atoms with Crippen molar-refractivity contribution in [2.75, 3.05) is 44.2 Å². The highest BCUT2D eigenvalue weighted by Crippen LogP contribution is 2.33. The number of hydrogen-bond acceptors (Lipinski definition) is 5. The molecule has 196 valence electrons. The molecule has 1 saturated carbocycles. The minimum absolute atomic E-state index is 0.0148. The Morgan fingerprint density at radius 1 is 1.00 bits per heavy atom. The number of hydrogen-bond donors (Lipinski definition) is 1. The number of piperidine rings is 1. The van der Waals surface area contributed by atoms with Crippen molar-refractivity contribution < 1.29 is 9.90 Å². The van der Waals surface area contributed by atoms with Gasteiger partial charge >= 0.3 is 0 Å². The van der Waals surface area contributed by atoms with Gasteiger partial charge in [0, 0.05) is 62.6 Å². The molecule has 2 aromatic heterocycles. The van der Waals surface area contributed by atoms with Crippen molar-refractivity contribution in [1.82, 2.24) is 19.4 Å². The fraction of sp³-hybridized carbons (Fsp3) is 0.533. The van der Waals surface area contributed by atoms with E-state index in [-0.39, 0.29) is 17.9 Å². The number of rotatable bonds is 5. The highest BCUT2D eigenvalue weighted by atomic mass is 16.3. The minimum atomic E-state index is -0.289. The summed E-state index contributed by atoms with van der Waals surface area (Å²) in [4.78, 5) is 19.6. The van der Waals surface area contributed by atoms with Crippen LogP contribution in [-0.2, 0) is 4.79 Å². The van der Waals surface area contributed by atoms with Gasteiger partial charge in [0.1, 0.15) is 0 Å². The number of fused-ring (bicyclic) bond motifs is 1. The van der Waals surface area contributed by atoms with Gasteiger partial charge in [-0.25, -0.2) is 4.52 Å². The van der Waals surface area contributed by atoms with Gasteiger partial charge < -0.3 is 19.8 Å². The van der Waals surface area contributed by atoms with Crippen LogP contribution in [0.4, 0.5) is 5.69 Å². The van der Waals surface area contributed by atoms with Crippen LogP contribution in [0.2, 0.25) is 0 Å². The monoisotopic (exact) mass is 501 g/mol. The third kappa shape index (κ3) is 4.87. The summed E-state index contributed by atoms with van der Waals surface area (Å²) in [5, 5.41) is 14.1. The molecule has 1 atom stereocenters. The van der Waals surface area contributed by atoms with E-state index in [1.165, 1.54) is 41.8 Å². The Morgan fingerprint density at radius 2 is 1.76 bits per heavy atom. The number of benzene rings is 1. The van der Waals surface area contributed by atoms with E-state index in [2.05, 4.69) is 71.3 Å². The lowest BCUT2D eigenvalue weighted by atomic mass is 9.81. The number of aromatic nitrogens is 2. The fourth-order valence-corrected chi connectivity index (χ4v) is 6.34. The summed E-state index contributed by atoms with van der Waals surface area (Å²) in [5.74, 6) is 0.843. The maximum atomic E-state index is 12.7. The number of carbonyl (C=O) groups excluding carboxylic acids is 1. The number of piperazine rings is 1. The van der Waals surface area contributed by atoms with E-state index in [4.69, 9.17) is 0 Å². The molecule has 3 aromatic rings. The predicted octanol–water partition coefficient (Wildman–Crippen LogP) is 4.01. The first kappa shape index (κ1) is 24.4. The number of likely N-dealkylation sites (tertiary alicyclic amines) is 1. The van der Waals surface area contributed by atoms with E-state index >= 15 is 0 Å². The van der Waals surface area contributed by atoms with Crippen LogP contribution >= 0.6 is 0 Å². The van der Waals surface area contributed by atoms with Gasteiger partial charge in [-0.05, 0) is 75.3 Å². The first-order valence-corrected chi connectivity index (χ1v) is 14.0. The van der Waals surface area contributed by atoms with Crippen molar-refractivity contribution in [1.29, 1.82) is 0 Å². The van der Waals surface area contributed by atoms with E-state index in [0.717, 1.165) is 38.2 Å². The number of amides is 1. The molecular weight excluding hydrogens is 462 g/mol. The van der Waals surface area contributed by atoms with Gasteiger partial charge in [-0.15, -0.1) is 0 Å². The first-order valence-electron chi connectivity index (χ1n) is 14.0. The highest BCUT2D eigenvalue weighted by Gasteiger charge is 2.36. The predicted molar refractivity (Wildman–Crippen MR) is 147 cm³/mol. The summed E-state index contributed by atoms with van der Waals surface area (Å²) in [6.07, 6.45) is 7.48. The SMILES string of the molecule is CC(C)N1CCC[C@@H](c2ccc(-c3cc4c(N5CCN(C(=O)C6CC(O)C6)CC5)ccnn4c3)cc2)C1. The Morgan fingerprint density at radius 3 is 2.46 bits per heavy atom. The molecular formula is C30H39N5O2. The summed E-state index contributed by atoms with van der Waals surface area (Å²) >= 11 is 0. The molecule has 0 unspecified atom stereocenters. The molecule has 1 N–H and O–H groups in total. The summed E-state index contributed by atoms with van der Waals surface area (Å²) in [7, 11) is 0. The summed E-state index contributed by atoms with van der Waals surface area (Å²) in [6.45, 7) is 10.0. The maximum absolute atomic E-state index is 12.7. The second-order valence-corrected chi connectivity index (χ2v) is 11.5. The Bertz CT molecular complexity index is 1240. The van der Waals surface area contributed by atoms with Crippen LogP contribution in [0.3, 0.4) is 0 Å². The second-order valence-electron chi connectivity index (χ2n) is 11.5. The van der Waals surface area contributed by atoms with Crippen LogP contribution in [0.15, 0.2) is 48.8 Å². The zero-order valence-electron chi connectivity index (χ0n) is 22.1. The van der Waals surface area contributed by atoms with Gasteiger partial charge in [0.15, 0.2) is 0 Å². The molecule has 1 aromatic carbocycles. The lowest BCUT2D eigenvalue weighted by Gasteiger charge is -2.40. The highest BCUT2D eigenvalue weighted by molar-refractivity contribution is 5.82. The molecule has 2 saturated heterocycles. The van der Waals surface area contributed by atoms with Crippen molar-refractivity contribution in [3.63, 3.8) is 0 Å². The van der Waals surface area contributed by atoms with Crippen molar-refractivity contribution in [3.05, 3.63) is 54.4 Å². The number of aliphatic hydroxyl groups is 1. The number of carbonyl (C=O) groups is 1. The lowest BCUT2D eigenvalue weighted by Crippen LogP contribution is -2.52. The van der Waals surface area contributed by atoms with Gasteiger partial charge in [-0.3, -0.25) is 4.79 Å². The van der Waals surface area contributed by atoms with Crippen LogP contribution in [-0.4, -0.2) is 81.8 Å². The van der Waals surface area contributed by atoms with Gasteiger partial charge in [-0.1, -0.05) is 24.3 Å². The topological polar surface area (TPSA) is 64.3 Å². The smallest absolute Gasteiger partial charge is 0.226 e. The van der Waals surface area contributed by atoms with Gasteiger partial charge in [0.25, 0.3) is 0 Å². The molecule has 2 aliphatic heterocycles. The van der Waals surface area contributed by atoms with Crippen LogP contribution in [0.5, 0.6) is 0 Å². The van der Waals surface area contributed by atoms with E-state index in [9.17, 15) is 9.90 Å². The van der Waals surface area contributed by atoms with Crippen molar-refractivity contribution >= 4 is 17.1 Å². The molecule has 7 nitrogen and oxygen atoms in total. The molecule has 1 amide bonds.